The van der Waals surface area contributed by atoms with Crippen molar-refractivity contribution in [1.29, 1.82) is 0 Å². The molecule has 1 atom stereocenters. The van der Waals surface area contributed by atoms with Gasteiger partial charge in [-0.2, -0.15) is 8.78 Å². The molecule has 0 radical (unpaired) electrons. The SMILES string of the molecule is CC(=O)NC(COC(F)F)C(=O)NCc1ccc(F)cc1. The molecule has 116 valence electrons. The Labute approximate surface area is 119 Å². The first-order valence-electron chi connectivity index (χ1n) is 6.07. The first kappa shape index (κ1) is 17.0. The van der Waals surface area contributed by atoms with Gasteiger partial charge in [0.25, 0.3) is 0 Å². The van der Waals surface area contributed by atoms with Crippen LogP contribution >= 0.6 is 0 Å². The average molecular weight is 304 g/mol. The van der Waals surface area contributed by atoms with E-state index in [4.69, 9.17) is 0 Å². The summed E-state index contributed by atoms with van der Waals surface area (Å²) in [4.78, 5) is 22.7. The number of carbonyl (C=O) groups is 2. The molecule has 1 aromatic rings. The van der Waals surface area contributed by atoms with Crippen molar-refractivity contribution in [3.8, 4) is 0 Å². The third-order valence-electron chi connectivity index (χ3n) is 2.46. The second-order valence-corrected chi connectivity index (χ2v) is 4.19. The zero-order valence-corrected chi connectivity index (χ0v) is 11.2. The van der Waals surface area contributed by atoms with E-state index in [2.05, 4.69) is 15.4 Å². The van der Waals surface area contributed by atoms with Gasteiger partial charge in [-0.25, -0.2) is 4.39 Å². The monoisotopic (exact) mass is 304 g/mol. The summed E-state index contributed by atoms with van der Waals surface area (Å²) in [5.41, 5.74) is 0.626. The molecule has 1 aromatic carbocycles. The Kier molecular flexibility index (Phi) is 6.67. The van der Waals surface area contributed by atoms with Gasteiger partial charge in [0.15, 0.2) is 0 Å². The van der Waals surface area contributed by atoms with Crippen molar-refractivity contribution in [2.45, 2.75) is 26.1 Å². The molecule has 0 bridgehead atoms. The van der Waals surface area contributed by atoms with E-state index in [0.717, 1.165) is 6.92 Å². The van der Waals surface area contributed by atoms with E-state index in [1.54, 1.807) is 0 Å². The third-order valence-corrected chi connectivity index (χ3v) is 2.46. The number of nitrogens with one attached hydrogen (secondary N) is 2. The fourth-order valence-corrected chi connectivity index (χ4v) is 1.51. The molecule has 0 saturated heterocycles. The Bertz CT molecular complexity index is 480. The lowest BCUT2D eigenvalue weighted by Crippen LogP contribution is -2.48. The average Bonchev–Trinajstić information content (AvgIpc) is 2.42. The van der Waals surface area contributed by atoms with Gasteiger partial charge in [-0.3, -0.25) is 9.59 Å². The fourth-order valence-electron chi connectivity index (χ4n) is 1.51. The predicted octanol–water partition coefficient (Wildman–Crippen LogP) is 1.19. The number of ether oxygens (including phenoxy) is 1. The highest BCUT2D eigenvalue weighted by molar-refractivity contribution is 5.86. The zero-order chi connectivity index (χ0) is 15.8. The minimum absolute atomic E-state index is 0.0733. The number of halogens is 3. The molecule has 1 rings (SSSR count). The van der Waals surface area contributed by atoms with Gasteiger partial charge in [-0.05, 0) is 17.7 Å². The fraction of sp³-hybridized carbons (Fsp3) is 0.385. The van der Waals surface area contributed by atoms with Gasteiger partial charge in [0, 0.05) is 13.5 Å². The number of hydrogen-bond acceptors (Lipinski definition) is 3. The van der Waals surface area contributed by atoms with Crippen LogP contribution in [0.2, 0.25) is 0 Å². The maximum absolute atomic E-state index is 12.7. The second kappa shape index (κ2) is 8.25. The molecule has 0 aliphatic heterocycles. The molecule has 1 unspecified atom stereocenters. The standard InChI is InChI=1S/C13H15F3N2O3/c1-8(19)18-11(7-21-13(15)16)12(20)17-6-9-2-4-10(14)5-3-9/h2-5,11,13H,6-7H2,1H3,(H,17,20)(H,18,19). The smallest absolute Gasteiger partial charge is 0.345 e. The zero-order valence-electron chi connectivity index (χ0n) is 11.2. The number of rotatable bonds is 7. The molecular weight excluding hydrogens is 289 g/mol. The molecule has 0 spiro atoms. The number of hydrogen-bond donors (Lipinski definition) is 2. The number of carbonyl (C=O) groups excluding carboxylic acids is 2. The van der Waals surface area contributed by atoms with Crippen LogP contribution in [0.5, 0.6) is 0 Å². The highest BCUT2D eigenvalue weighted by atomic mass is 19.3. The van der Waals surface area contributed by atoms with Gasteiger partial charge in [0.2, 0.25) is 11.8 Å². The van der Waals surface area contributed by atoms with E-state index in [-0.39, 0.29) is 6.54 Å². The molecule has 0 heterocycles. The van der Waals surface area contributed by atoms with Crippen LogP contribution in [0.3, 0.4) is 0 Å². The molecular formula is C13H15F3N2O3. The van der Waals surface area contributed by atoms with Crippen molar-refractivity contribution in [3.63, 3.8) is 0 Å². The largest absolute Gasteiger partial charge is 0.350 e. The summed E-state index contributed by atoms with van der Waals surface area (Å²) < 4.78 is 40.7. The first-order valence-corrected chi connectivity index (χ1v) is 6.07. The lowest BCUT2D eigenvalue weighted by molar-refractivity contribution is -0.146. The van der Waals surface area contributed by atoms with Crippen molar-refractivity contribution < 1.29 is 27.5 Å². The van der Waals surface area contributed by atoms with E-state index >= 15 is 0 Å². The van der Waals surface area contributed by atoms with E-state index in [0.29, 0.717) is 5.56 Å². The molecule has 0 aliphatic carbocycles. The van der Waals surface area contributed by atoms with Crippen LogP contribution in [0.1, 0.15) is 12.5 Å². The molecule has 5 nitrogen and oxygen atoms in total. The van der Waals surface area contributed by atoms with Gasteiger partial charge in [-0.15, -0.1) is 0 Å². The lowest BCUT2D eigenvalue weighted by atomic mass is 10.2. The second-order valence-electron chi connectivity index (χ2n) is 4.19. The predicted molar refractivity (Wildman–Crippen MR) is 67.8 cm³/mol. The molecule has 2 N–H and O–H groups in total. The molecule has 21 heavy (non-hydrogen) atoms. The Morgan fingerprint density at radius 1 is 1.24 bits per heavy atom. The van der Waals surface area contributed by atoms with E-state index in [9.17, 15) is 22.8 Å². The van der Waals surface area contributed by atoms with Crippen molar-refractivity contribution in [2.24, 2.45) is 0 Å². The van der Waals surface area contributed by atoms with Crippen LogP contribution in [0.15, 0.2) is 24.3 Å². The van der Waals surface area contributed by atoms with Crippen LogP contribution in [0.25, 0.3) is 0 Å². The van der Waals surface area contributed by atoms with E-state index < -0.39 is 36.9 Å². The minimum atomic E-state index is -3.04. The first-order chi connectivity index (χ1) is 9.88. The van der Waals surface area contributed by atoms with Gasteiger partial charge >= 0.3 is 6.61 Å². The van der Waals surface area contributed by atoms with E-state index in [1.807, 2.05) is 0 Å². The van der Waals surface area contributed by atoms with Crippen LogP contribution in [0.4, 0.5) is 13.2 Å². The molecule has 2 amide bonds. The summed E-state index contributed by atoms with van der Waals surface area (Å²) >= 11 is 0. The van der Waals surface area contributed by atoms with Gasteiger partial charge in [0.1, 0.15) is 11.9 Å². The van der Waals surface area contributed by atoms with Crippen LogP contribution < -0.4 is 10.6 Å². The summed E-state index contributed by atoms with van der Waals surface area (Å²) in [6, 6.07) is 4.17. The van der Waals surface area contributed by atoms with Gasteiger partial charge in [-0.1, -0.05) is 12.1 Å². The summed E-state index contributed by atoms with van der Waals surface area (Å²) in [5, 5.41) is 4.66. The Morgan fingerprint density at radius 3 is 2.38 bits per heavy atom. The Morgan fingerprint density at radius 2 is 1.86 bits per heavy atom. The minimum Gasteiger partial charge on any atom is -0.350 e. The maximum atomic E-state index is 12.7. The molecule has 8 heteroatoms. The molecule has 0 fully saturated rings. The quantitative estimate of drug-likeness (QED) is 0.795. The molecule has 0 aliphatic rings. The normalized spacial score (nSPS) is 12.0. The summed E-state index contributed by atoms with van der Waals surface area (Å²) in [6.07, 6.45) is 0. The van der Waals surface area contributed by atoms with Crippen molar-refractivity contribution in [2.75, 3.05) is 6.61 Å². The number of benzene rings is 1. The number of alkyl halides is 2. The molecule has 0 aromatic heterocycles. The Hall–Kier alpha value is -2.09. The topological polar surface area (TPSA) is 67.4 Å². The van der Waals surface area contributed by atoms with Crippen molar-refractivity contribution in [1.82, 2.24) is 10.6 Å². The third kappa shape index (κ3) is 6.75. The maximum Gasteiger partial charge on any atom is 0.345 e. The highest BCUT2D eigenvalue weighted by Gasteiger charge is 2.21. The summed E-state index contributed by atoms with van der Waals surface area (Å²) in [6.45, 7) is -2.45. The van der Waals surface area contributed by atoms with E-state index in [1.165, 1.54) is 24.3 Å². The summed E-state index contributed by atoms with van der Waals surface area (Å²) in [7, 11) is 0. The van der Waals surface area contributed by atoms with Crippen molar-refractivity contribution >= 4 is 11.8 Å². The lowest BCUT2D eigenvalue weighted by Gasteiger charge is -2.17. The highest BCUT2D eigenvalue weighted by Crippen LogP contribution is 2.03. The van der Waals surface area contributed by atoms with Crippen LogP contribution in [-0.2, 0) is 20.9 Å². The van der Waals surface area contributed by atoms with Crippen LogP contribution in [0, 0.1) is 5.82 Å². The van der Waals surface area contributed by atoms with Gasteiger partial charge < -0.3 is 15.4 Å². The van der Waals surface area contributed by atoms with Crippen LogP contribution in [-0.4, -0.2) is 31.1 Å². The number of amides is 2. The van der Waals surface area contributed by atoms with Crippen molar-refractivity contribution in [3.05, 3.63) is 35.6 Å². The molecule has 0 saturated carbocycles. The van der Waals surface area contributed by atoms with Gasteiger partial charge in [0.05, 0.1) is 6.61 Å². The summed E-state index contributed by atoms with van der Waals surface area (Å²) in [5.74, 6) is -1.63. The Balaban J connectivity index is 2.54.